The number of nitrogens with zero attached hydrogens (tertiary/aromatic N) is 4. The number of furan rings is 1. The topological polar surface area (TPSA) is 113 Å². The van der Waals surface area contributed by atoms with E-state index in [0.717, 1.165) is 5.56 Å². The van der Waals surface area contributed by atoms with Crippen molar-refractivity contribution >= 4 is 22.8 Å². The molecule has 0 atom stereocenters. The smallest absolute Gasteiger partial charge is 0.282 e. The predicted octanol–water partition coefficient (Wildman–Crippen LogP) is 5.12. The van der Waals surface area contributed by atoms with E-state index in [-0.39, 0.29) is 11.2 Å². The van der Waals surface area contributed by atoms with Crippen LogP contribution >= 0.6 is 0 Å². The zero-order valence-corrected chi connectivity index (χ0v) is 18.5. The van der Waals surface area contributed by atoms with Crippen molar-refractivity contribution in [3.05, 3.63) is 111 Å². The number of benzene rings is 3. The molecule has 35 heavy (non-hydrogen) atoms. The van der Waals surface area contributed by atoms with Crippen LogP contribution in [0.4, 0.5) is 5.69 Å². The van der Waals surface area contributed by atoms with Gasteiger partial charge < -0.3 is 9.15 Å². The molecule has 5 aromatic rings. The highest BCUT2D eigenvalue weighted by Crippen LogP contribution is 2.34. The highest BCUT2D eigenvalue weighted by Gasteiger charge is 2.16. The van der Waals surface area contributed by atoms with Crippen LogP contribution < -0.4 is 10.3 Å². The number of aromatic nitrogens is 2. The van der Waals surface area contributed by atoms with Gasteiger partial charge in [-0.2, -0.15) is 9.78 Å². The summed E-state index contributed by atoms with van der Waals surface area (Å²) in [6.45, 7) is 0. The van der Waals surface area contributed by atoms with Gasteiger partial charge in [-0.15, -0.1) is 0 Å². The predicted molar refractivity (Wildman–Crippen MR) is 132 cm³/mol. The Morgan fingerprint density at radius 2 is 1.80 bits per heavy atom. The molecule has 172 valence electrons. The molecule has 0 aliphatic rings. The Bertz CT molecular complexity index is 1640. The molecular formula is C26H18N4O5. The minimum atomic E-state index is -0.494. The van der Waals surface area contributed by atoms with E-state index in [9.17, 15) is 14.9 Å². The van der Waals surface area contributed by atoms with Crippen molar-refractivity contribution in [3.8, 4) is 28.5 Å². The summed E-state index contributed by atoms with van der Waals surface area (Å²) >= 11 is 0. The van der Waals surface area contributed by atoms with Gasteiger partial charge in [-0.1, -0.05) is 42.5 Å². The van der Waals surface area contributed by atoms with Crippen LogP contribution in [0, 0.1) is 10.1 Å². The number of nitro groups is 1. The molecular weight excluding hydrogens is 448 g/mol. The molecule has 2 heterocycles. The van der Waals surface area contributed by atoms with Crippen molar-refractivity contribution in [1.29, 1.82) is 0 Å². The Labute approximate surface area is 198 Å². The summed E-state index contributed by atoms with van der Waals surface area (Å²) < 4.78 is 12.4. The zero-order valence-electron chi connectivity index (χ0n) is 18.5. The molecule has 0 aliphatic heterocycles. The first kappa shape index (κ1) is 21.8. The molecule has 0 saturated carbocycles. The second-order valence-electron chi connectivity index (χ2n) is 7.52. The third-order valence-electron chi connectivity index (χ3n) is 5.37. The van der Waals surface area contributed by atoms with Crippen LogP contribution in [0.25, 0.3) is 33.6 Å². The van der Waals surface area contributed by atoms with Crippen molar-refractivity contribution in [3.63, 3.8) is 0 Å². The van der Waals surface area contributed by atoms with Crippen molar-refractivity contribution in [1.82, 2.24) is 9.66 Å². The van der Waals surface area contributed by atoms with E-state index in [0.29, 0.717) is 39.6 Å². The van der Waals surface area contributed by atoms with Gasteiger partial charge in [0.1, 0.15) is 17.3 Å². The van der Waals surface area contributed by atoms with Crippen LogP contribution in [0.1, 0.15) is 5.76 Å². The van der Waals surface area contributed by atoms with Crippen LogP contribution in [-0.4, -0.2) is 27.9 Å². The molecule has 2 aromatic heterocycles. The highest BCUT2D eigenvalue weighted by atomic mass is 16.6. The molecule has 9 heteroatoms. The molecule has 0 spiro atoms. The van der Waals surface area contributed by atoms with Crippen molar-refractivity contribution in [2.45, 2.75) is 0 Å². The van der Waals surface area contributed by atoms with Crippen molar-refractivity contribution < 1.29 is 14.1 Å². The lowest BCUT2D eigenvalue weighted by Crippen LogP contribution is -2.20. The quantitative estimate of drug-likeness (QED) is 0.195. The van der Waals surface area contributed by atoms with E-state index in [1.54, 1.807) is 36.4 Å². The molecule has 3 aromatic carbocycles. The van der Waals surface area contributed by atoms with E-state index in [4.69, 9.17) is 9.15 Å². The molecule has 0 N–H and O–H groups in total. The maximum atomic E-state index is 13.2. The number of rotatable bonds is 6. The number of nitro benzene ring substituents is 1. The lowest BCUT2D eigenvalue weighted by molar-refractivity contribution is -0.384. The monoisotopic (exact) mass is 466 g/mol. The van der Waals surface area contributed by atoms with Gasteiger partial charge in [-0.05, 0) is 30.3 Å². The largest absolute Gasteiger partial charge is 0.496 e. The molecule has 5 rings (SSSR count). The number of para-hydroxylation sites is 1. The average Bonchev–Trinajstić information content (AvgIpc) is 3.37. The fourth-order valence-electron chi connectivity index (χ4n) is 3.68. The maximum absolute atomic E-state index is 13.2. The summed E-state index contributed by atoms with van der Waals surface area (Å²) in [7, 11) is 1.43. The Balaban J connectivity index is 1.56. The molecule has 0 radical (unpaired) electrons. The number of ether oxygens (including phenoxy) is 1. The first-order valence-electron chi connectivity index (χ1n) is 10.6. The normalized spacial score (nSPS) is 11.2. The number of hydrogen-bond acceptors (Lipinski definition) is 7. The SMILES string of the molecule is COc1cc([N+](=O)[O-])ccc1-c1ccc(C=Nn2c(-c3ccccc3)nc3ccccc3c2=O)o1. The van der Waals surface area contributed by atoms with Crippen LogP contribution in [0.5, 0.6) is 5.75 Å². The minimum Gasteiger partial charge on any atom is -0.496 e. The van der Waals surface area contributed by atoms with Crippen LogP contribution in [0.3, 0.4) is 0 Å². The lowest BCUT2D eigenvalue weighted by Gasteiger charge is -2.09. The van der Waals surface area contributed by atoms with Gasteiger partial charge in [-0.25, -0.2) is 4.98 Å². The third kappa shape index (κ3) is 4.18. The van der Waals surface area contributed by atoms with E-state index < -0.39 is 4.92 Å². The van der Waals surface area contributed by atoms with Crippen LogP contribution in [0.2, 0.25) is 0 Å². The summed E-state index contributed by atoms with van der Waals surface area (Å²) in [6, 6.07) is 24.1. The van der Waals surface area contributed by atoms with Crippen LogP contribution in [0.15, 0.2) is 99.2 Å². The summed E-state index contributed by atoms with van der Waals surface area (Å²) in [5.41, 5.74) is 1.47. The number of non-ortho nitro benzene ring substituents is 1. The third-order valence-corrected chi connectivity index (χ3v) is 5.37. The van der Waals surface area contributed by atoms with Gasteiger partial charge in [0, 0.05) is 11.6 Å². The van der Waals surface area contributed by atoms with E-state index in [1.165, 1.54) is 30.1 Å². The second-order valence-corrected chi connectivity index (χ2v) is 7.52. The Kier molecular flexibility index (Phi) is 5.64. The molecule has 0 bridgehead atoms. The van der Waals surface area contributed by atoms with E-state index in [2.05, 4.69) is 10.1 Å². The number of hydrogen-bond donors (Lipinski definition) is 0. The minimum absolute atomic E-state index is 0.0874. The molecule has 0 amide bonds. The van der Waals surface area contributed by atoms with Crippen molar-refractivity contribution in [2.75, 3.05) is 7.11 Å². The molecule has 0 aliphatic carbocycles. The molecule has 9 nitrogen and oxygen atoms in total. The van der Waals surface area contributed by atoms with Crippen LogP contribution in [-0.2, 0) is 0 Å². The highest BCUT2D eigenvalue weighted by molar-refractivity contribution is 5.81. The molecule has 0 fully saturated rings. The fourth-order valence-corrected chi connectivity index (χ4v) is 3.68. The van der Waals surface area contributed by atoms with Crippen molar-refractivity contribution in [2.24, 2.45) is 5.10 Å². The summed E-state index contributed by atoms with van der Waals surface area (Å²) in [4.78, 5) is 28.5. The van der Waals surface area contributed by atoms with Gasteiger partial charge in [0.25, 0.3) is 11.2 Å². The Morgan fingerprint density at radius 1 is 1.03 bits per heavy atom. The van der Waals surface area contributed by atoms with E-state index in [1.807, 2.05) is 36.4 Å². The van der Waals surface area contributed by atoms with Gasteiger partial charge in [0.15, 0.2) is 5.82 Å². The first-order valence-corrected chi connectivity index (χ1v) is 10.6. The zero-order chi connectivity index (χ0) is 24.4. The van der Waals surface area contributed by atoms with Gasteiger partial charge in [0.05, 0.1) is 40.8 Å². The lowest BCUT2D eigenvalue weighted by atomic mass is 10.1. The average molecular weight is 466 g/mol. The maximum Gasteiger partial charge on any atom is 0.282 e. The van der Waals surface area contributed by atoms with Gasteiger partial charge in [-0.3, -0.25) is 14.9 Å². The Hall–Kier alpha value is -5.05. The summed E-state index contributed by atoms with van der Waals surface area (Å²) in [6.07, 6.45) is 1.42. The standard InChI is InChI=1S/C26H18N4O5/c1-34-24-15-18(30(32)33)11-13-21(24)23-14-12-19(35-23)16-27-29-25(17-7-3-2-4-8-17)28-22-10-6-5-9-20(22)26(29)31/h2-16H,1H3. The number of methoxy groups -OCH3 is 1. The summed E-state index contributed by atoms with van der Waals surface area (Å²) in [5.74, 6) is 1.51. The number of fused-ring (bicyclic) bond motifs is 1. The fraction of sp³-hybridized carbons (Fsp3) is 0.0385. The first-order chi connectivity index (χ1) is 17.0. The Morgan fingerprint density at radius 3 is 2.57 bits per heavy atom. The second kappa shape index (κ2) is 9.06. The molecule has 0 saturated heterocycles. The van der Waals surface area contributed by atoms with Gasteiger partial charge in [0.2, 0.25) is 0 Å². The molecule has 0 unspecified atom stereocenters. The summed E-state index contributed by atoms with van der Waals surface area (Å²) in [5, 5.41) is 15.9. The van der Waals surface area contributed by atoms with E-state index >= 15 is 0 Å². The van der Waals surface area contributed by atoms with Gasteiger partial charge >= 0.3 is 0 Å².